The van der Waals surface area contributed by atoms with E-state index in [9.17, 15) is 5.11 Å². The summed E-state index contributed by atoms with van der Waals surface area (Å²) in [4.78, 5) is 0. The summed E-state index contributed by atoms with van der Waals surface area (Å²) in [6, 6.07) is 0.00246. The molecule has 1 fully saturated rings. The molecule has 0 saturated carbocycles. The fraction of sp³-hybridized carbons (Fsp3) is 0.700. The lowest BCUT2D eigenvalue weighted by molar-refractivity contribution is -0.0161. The Kier molecular flexibility index (Phi) is 3.96. The van der Waals surface area contributed by atoms with Crippen LogP contribution in [0.25, 0.3) is 0 Å². The molecule has 6 heteroatoms. The molecule has 2 heterocycles. The number of aliphatic hydroxyl groups excluding tert-OH is 1. The maximum absolute atomic E-state index is 9.74. The molecule has 1 aliphatic rings. The van der Waals surface area contributed by atoms with E-state index in [0.29, 0.717) is 26.2 Å². The lowest BCUT2D eigenvalue weighted by Gasteiger charge is -2.28. The second-order valence-electron chi connectivity index (χ2n) is 4.02. The molecule has 0 aromatic carbocycles. The predicted octanol–water partition coefficient (Wildman–Crippen LogP) is 0.422. The van der Waals surface area contributed by atoms with Crippen LogP contribution in [0, 0.1) is 0 Å². The fourth-order valence-corrected chi connectivity index (χ4v) is 2.29. The molecule has 1 saturated heterocycles. The van der Waals surface area contributed by atoms with Crippen LogP contribution in [-0.4, -0.2) is 40.2 Å². The maximum atomic E-state index is 9.74. The lowest BCUT2D eigenvalue weighted by Crippen LogP contribution is -2.46. The number of rotatable bonds is 3. The van der Waals surface area contributed by atoms with Gasteiger partial charge in [0.05, 0.1) is 28.9 Å². The van der Waals surface area contributed by atoms with E-state index in [0.717, 1.165) is 10.2 Å². The first kappa shape index (κ1) is 12.0. The Labute approximate surface area is 103 Å². The van der Waals surface area contributed by atoms with E-state index >= 15 is 0 Å². The highest BCUT2D eigenvalue weighted by atomic mass is 79.9. The molecule has 1 aromatic rings. The van der Waals surface area contributed by atoms with Crippen molar-refractivity contribution in [3.05, 3.63) is 16.4 Å². The number of nitrogens with one attached hydrogen (secondary N) is 1. The van der Waals surface area contributed by atoms with Crippen molar-refractivity contribution in [1.82, 2.24) is 15.1 Å². The van der Waals surface area contributed by atoms with Gasteiger partial charge in [0.15, 0.2) is 0 Å². The lowest BCUT2D eigenvalue weighted by atomic mass is 10.1. The third kappa shape index (κ3) is 2.82. The number of nitrogens with zero attached hydrogens (tertiary/aromatic N) is 2. The van der Waals surface area contributed by atoms with Gasteiger partial charge in [-0.15, -0.1) is 0 Å². The summed E-state index contributed by atoms with van der Waals surface area (Å²) in [6.07, 6.45) is 2.28. The Hall–Kier alpha value is -0.430. The number of aryl methyl sites for hydroxylation is 1. The van der Waals surface area contributed by atoms with Crippen LogP contribution in [0.3, 0.4) is 0 Å². The van der Waals surface area contributed by atoms with Crippen molar-refractivity contribution in [2.75, 3.05) is 13.2 Å². The second-order valence-corrected chi connectivity index (χ2v) is 4.87. The van der Waals surface area contributed by atoms with Gasteiger partial charge in [0.25, 0.3) is 0 Å². The van der Waals surface area contributed by atoms with Crippen molar-refractivity contribution in [3.63, 3.8) is 0 Å². The second kappa shape index (κ2) is 5.27. The molecule has 0 amide bonds. The fourth-order valence-electron chi connectivity index (χ4n) is 1.77. The Bertz CT molecular complexity index is 356. The zero-order valence-electron chi connectivity index (χ0n) is 9.19. The molecule has 2 N–H and O–H groups in total. The minimum absolute atomic E-state index is 0.00246. The normalized spacial score (nSPS) is 25.9. The van der Waals surface area contributed by atoms with Gasteiger partial charge in [-0.05, 0) is 22.4 Å². The highest BCUT2D eigenvalue weighted by Gasteiger charge is 2.23. The summed E-state index contributed by atoms with van der Waals surface area (Å²) in [5.74, 6) is 0. The molecule has 2 atom stereocenters. The van der Waals surface area contributed by atoms with Crippen molar-refractivity contribution in [1.29, 1.82) is 0 Å². The highest BCUT2D eigenvalue weighted by Crippen LogP contribution is 2.15. The largest absolute Gasteiger partial charge is 0.391 e. The van der Waals surface area contributed by atoms with E-state index < -0.39 is 0 Å². The van der Waals surface area contributed by atoms with E-state index in [-0.39, 0.29) is 12.1 Å². The highest BCUT2D eigenvalue weighted by molar-refractivity contribution is 9.10. The molecule has 90 valence electrons. The van der Waals surface area contributed by atoms with Gasteiger partial charge in [0.2, 0.25) is 0 Å². The van der Waals surface area contributed by atoms with Crippen LogP contribution in [0.5, 0.6) is 0 Å². The van der Waals surface area contributed by atoms with Gasteiger partial charge in [-0.25, -0.2) is 0 Å². The third-order valence-corrected chi connectivity index (χ3v) is 3.37. The molecule has 2 rings (SSSR count). The number of ether oxygens (including phenoxy) is 1. The van der Waals surface area contributed by atoms with Crippen LogP contribution in [0.1, 0.15) is 12.1 Å². The molecule has 0 aliphatic carbocycles. The van der Waals surface area contributed by atoms with Gasteiger partial charge in [-0.1, -0.05) is 0 Å². The van der Waals surface area contributed by atoms with Crippen LogP contribution in [-0.2, 0) is 18.3 Å². The third-order valence-electron chi connectivity index (χ3n) is 2.71. The first-order valence-corrected chi connectivity index (χ1v) is 6.13. The Morgan fingerprint density at radius 1 is 1.75 bits per heavy atom. The van der Waals surface area contributed by atoms with Gasteiger partial charge in [0.1, 0.15) is 0 Å². The average Bonchev–Trinajstić information content (AvgIpc) is 2.56. The van der Waals surface area contributed by atoms with Crippen LogP contribution < -0.4 is 5.32 Å². The van der Waals surface area contributed by atoms with E-state index in [4.69, 9.17) is 4.74 Å². The van der Waals surface area contributed by atoms with Crippen molar-refractivity contribution in [2.24, 2.45) is 7.05 Å². The zero-order chi connectivity index (χ0) is 11.5. The van der Waals surface area contributed by atoms with Crippen molar-refractivity contribution in [3.8, 4) is 0 Å². The molecular formula is C10H16BrN3O2. The zero-order valence-corrected chi connectivity index (χ0v) is 10.8. The van der Waals surface area contributed by atoms with Crippen molar-refractivity contribution >= 4 is 15.9 Å². The number of halogens is 1. The van der Waals surface area contributed by atoms with Crippen LogP contribution >= 0.6 is 15.9 Å². The number of hydrogen-bond donors (Lipinski definition) is 2. The summed E-state index contributed by atoms with van der Waals surface area (Å²) >= 11 is 3.44. The molecule has 1 aliphatic heterocycles. The molecule has 1 aromatic heterocycles. The minimum Gasteiger partial charge on any atom is -0.391 e. The minimum atomic E-state index is -0.323. The topological polar surface area (TPSA) is 59.3 Å². The van der Waals surface area contributed by atoms with Gasteiger partial charge >= 0.3 is 0 Å². The van der Waals surface area contributed by atoms with Crippen molar-refractivity contribution in [2.45, 2.75) is 25.1 Å². The van der Waals surface area contributed by atoms with Crippen LogP contribution in [0.2, 0.25) is 0 Å². The monoisotopic (exact) mass is 289 g/mol. The Morgan fingerprint density at radius 3 is 3.19 bits per heavy atom. The maximum Gasteiger partial charge on any atom is 0.0904 e. The Morgan fingerprint density at radius 2 is 2.56 bits per heavy atom. The molecular weight excluding hydrogens is 274 g/mol. The quantitative estimate of drug-likeness (QED) is 0.847. The summed E-state index contributed by atoms with van der Waals surface area (Å²) in [6.45, 7) is 1.84. The summed E-state index contributed by atoms with van der Waals surface area (Å²) in [5, 5.41) is 17.3. The van der Waals surface area contributed by atoms with Crippen LogP contribution in [0.4, 0.5) is 0 Å². The van der Waals surface area contributed by atoms with Crippen LogP contribution in [0.15, 0.2) is 10.7 Å². The van der Waals surface area contributed by atoms with Gasteiger partial charge in [-0.3, -0.25) is 4.68 Å². The first-order valence-electron chi connectivity index (χ1n) is 5.34. The molecule has 5 nitrogen and oxygen atoms in total. The molecule has 16 heavy (non-hydrogen) atoms. The summed E-state index contributed by atoms with van der Waals surface area (Å²) in [5.41, 5.74) is 0.945. The molecule has 0 unspecified atom stereocenters. The molecule has 0 radical (unpaired) electrons. The van der Waals surface area contributed by atoms with Gasteiger partial charge in [-0.2, -0.15) is 5.10 Å². The number of aliphatic hydroxyl groups is 1. The van der Waals surface area contributed by atoms with Crippen molar-refractivity contribution < 1.29 is 9.84 Å². The molecule has 0 spiro atoms. The standard InChI is InChI=1S/C10H16BrN3O2/c1-14-5-7(11)8(13-14)4-12-9-6-16-3-2-10(9)15/h5,9-10,12,15H,2-4,6H2,1H3/t9-,10-/m1/s1. The number of aromatic nitrogens is 2. The summed E-state index contributed by atoms with van der Waals surface area (Å²) < 4.78 is 8.06. The van der Waals surface area contributed by atoms with E-state index in [1.165, 1.54) is 0 Å². The number of hydrogen-bond acceptors (Lipinski definition) is 4. The smallest absolute Gasteiger partial charge is 0.0904 e. The van der Waals surface area contributed by atoms with Gasteiger partial charge in [0, 0.05) is 26.4 Å². The molecule has 0 bridgehead atoms. The SMILES string of the molecule is Cn1cc(Br)c(CN[C@@H]2COCC[C@H]2O)n1. The first-order chi connectivity index (χ1) is 7.66. The predicted molar refractivity (Wildman–Crippen MR) is 63.0 cm³/mol. The van der Waals surface area contributed by atoms with E-state index in [1.54, 1.807) is 4.68 Å². The Balaban J connectivity index is 1.89. The summed E-state index contributed by atoms with van der Waals surface area (Å²) in [7, 11) is 1.88. The van der Waals surface area contributed by atoms with E-state index in [2.05, 4.69) is 26.3 Å². The average molecular weight is 290 g/mol. The van der Waals surface area contributed by atoms with E-state index in [1.807, 2.05) is 13.2 Å². The van der Waals surface area contributed by atoms with Gasteiger partial charge < -0.3 is 15.2 Å².